The SMILES string of the molecule is COc1cccc(N(CC(=O)N/N=C\c2cccc(OC3CSC3)c2)S(=O)(=O)c2ccccc2)c1. The van der Waals surface area contributed by atoms with Gasteiger partial charge >= 0.3 is 0 Å². The van der Waals surface area contributed by atoms with Crippen molar-refractivity contribution >= 4 is 39.6 Å². The number of carbonyl (C=O) groups excluding carboxylic acids is 1. The normalized spacial score (nSPS) is 13.7. The predicted octanol–water partition coefficient (Wildman–Crippen LogP) is 3.54. The molecule has 8 nitrogen and oxygen atoms in total. The van der Waals surface area contributed by atoms with E-state index < -0.39 is 22.5 Å². The lowest BCUT2D eigenvalue weighted by molar-refractivity contribution is -0.119. The zero-order valence-corrected chi connectivity index (χ0v) is 20.7. The number of hydrazone groups is 1. The van der Waals surface area contributed by atoms with Crippen molar-refractivity contribution in [3.8, 4) is 11.5 Å². The van der Waals surface area contributed by atoms with Gasteiger partial charge in [0.05, 0.1) is 23.9 Å². The molecule has 35 heavy (non-hydrogen) atoms. The highest BCUT2D eigenvalue weighted by Crippen LogP contribution is 2.27. The van der Waals surface area contributed by atoms with E-state index in [1.165, 1.54) is 25.5 Å². The van der Waals surface area contributed by atoms with Crippen LogP contribution in [0.1, 0.15) is 5.56 Å². The molecular weight excluding hydrogens is 486 g/mol. The monoisotopic (exact) mass is 511 g/mol. The summed E-state index contributed by atoms with van der Waals surface area (Å²) in [5, 5.41) is 4.00. The van der Waals surface area contributed by atoms with Gasteiger partial charge in [-0.25, -0.2) is 13.8 Å². The van der Waals surface area contributed by atoms with Crippen LogP contribution in [-0.2, 0) is 14.8 Å². The molecular formula is C25H25N3O5S2. The molecule has 1 heterocycles. The number of hydrogen-bond acceptors (Lipinski definition) is 7. The number of nitrogens with one attached hydrogen (secondary N) is 1. The number of thioether (sulfide) groups is 1. The summed E-state index contributed by atoms with van der Waals surface area (Å²) < 4.78 is 38.9. The van der Waals surface area contributed by atoms with Gasteiger partial charge in [-0.1, -0.05) is 36.4 Å². The molecule has 1 fully saturated rings. The maximum Gasteiger partial charge on any atom is 0.264 e. The fourth-order valence-corrected chi connectivity index (χ4v) is 5.29. The first-order chi connectivity index (χ1) is 17.0. The van der Waals surface area contributed by atoms with Crippen LogP contribution in [0.25, 0.3) is 0 Å². The van der Waals surface area contributed by atoms with Crippen LogP contribution in [0.2, 0.25) is 0 Å². The molecule has 0 bridgehead atoms. The maximum absolute atomic E-state index is 13.4. The number of ether oxygens (including phenoxy) is 2. The first-order valence-corrected chi connectivity index (χ1v) is 13.4. The van der Waals surface area contributed by atoms with Crippen molar-refractivity contribution in [3.63, 3.8) is 0 Å². The Morgan fingerprint density at radius 1 is 1.06 bits per heavy atom. The van der Waals surface area contributed by atoms with Crippen LogP contribution < -0.4 is 19.2 Å². The number of hydrogen-bond donors (Lipinski definition) is 1. The molecule has 0 spiro atoms. The highest BCUT2D eigenvalue weighted by atomic mass is 32.2. The number of benzene rings is 3. The van der Waals surface area contributed by atoms with Gasteiger partial charge in [0.25, 0.3) is 15.9 Å². The molecule has 3 aromatic carbocycles. The Hall–Kier alpha value is -3.50. The summed E-state index contributed by atoms with van der Waals surface area (Å²) in [5.41, 5.74) is 3.46. The molecule has 0 radical (unpaired) electrons. The second kappa shape index (κ2) is 11.3. The van der Waals surface area contributed by atoms with Gasteiger partial charge < -0.3 is 9.47 Å². The Morgan fingerprint density at radius 2 is 1.80 bits per heavy atom. The lowest BCUT2D eigenvalue weighted by Crippen LogP contribution is -2.39. The fraction of sp³-hybridized carbons (Fsp3) is 0.200. The van der Waals surface area contributed by atoms with Crippen molar-refractivity contribution in [2.45, 2.75) is 11.0 Å². The van der Waals surface area contributed by atoms with Crippen molar-refractivity contribution in [1.82, 2.24) is 5.43 Å². The van der Waals surface area contributed by atoms with E-state index in [1.54, 1.807) is 42.5 Å². The summed E-state index contributed by atoms with van der Waals surface area (Å²) in [6.07, 6.45) is 1.71. The molecule has 1 amide bonds. The number of carbonyl (C=O) groups is 1. The van der Waals surface area contributed by atoms with E-state index >= 15 is 0 Å². The molecule has 182 valence electrons. The third-order valence-corrected chi connectivity index (χ3v) is 8.13. The van der Waals surface area contributed by atoms with Gasteiger partial charge in [0.1, 0.15) is 24.1 Å². The lowest BCUT2D eigenvalue weighted by Gasteiger charge is -2.25. The second-order valence-corrected chi connectivity index (χ2v) is 10.6. The molecule has 1 aliphatic heterocycles. The largest absolute Gasteiger partial charge is 0.497 e. The van der Waals surface area contributed by atoms with Gasteiger partial charge in [0, 0.05) is 17.6 Å². The second-order valence-electron chi connectivity index (χ2n) is 7.67. The van der Waals surface area contributed by atoms with E-state index in [9.17, 15) is 13.2 Å². The summed E-state index contributed by atoms with van der Waals surface area (Å²) in [6.45, 7) is -0.468. The Morgan fingerprint density at radius 3 is 2.51 bits per heavy atom. The van der Waals surface area contributed by atoms with E-state index in [-0.39, 0.29) is 11.0 Å². The van der Waals surface area contributed by atoms with Gasteiger partial charge in [-0.05, 0) is 42.0 Å². The number of sulfonamides is 1. The Balaban J connectivity index is 1.49. The highest BCUT2D eigenvalue weighted by molar-refractivity contribution is 8.00. The van der Waals surface area contributed by atoms with Crippen LogP contribution in [0.4, 0.5) is 5.69 Å². The molecule has 3 aromatic rings. The van der Waals surface area contributed by atoms with Crippen LogP contribution in [0.3, 0.4) is 0 Å². The van der Waals surface area contributed by atoms with Crippen molar-refractivity contribution in [2.75, 3.05) is 29.5 Å². The first-order valence-electron chi connectivity index (χ1n) is 10.8. The molecule has 0 unspecified atom stereocenters. The van der Waals surface area contributed by atoms with E-state index in [0.29, 0.717) is 11.4 Å². The van der Waals surface area contributed by atoms with Crippen LogP contribution in [0, 0.1) is 0 Å². The average molecular weight is 512 g/mol. The quantitative estimate of drug-likeness (QED) is 0.330. The number of anilines is 1. The predicted molar refractivity (Wildman–Crippen MR) is 138 cm³/mol. The number of methoxy groups -OCH3 is 1. The summed E-state index contributed by atoms with van der Waals surface area (Å²) >= 11 is 1.84. The minimum atomic E-state index is -4.02. The Kier molecular flexibility index (Phi) is 7.94. The van der Waals surface area contributed by atoms with E-state index in [4.69, 9.17) is 9.47 Å². The van der Waals surface area contributed by atoms with Gasteiger partial charge in [-0.15, -0.1) is 0 Å². The summed E-state index contributed by atoms with van der Waals surface area (Å²) in [7, 11) is -2.53. The van der Waals surface area contributed by atoms with Gasteiger partial charge in [-0.2, -0.15) is 16.9 Å². The topological polar surface area (TPSA) is 97.3 Å². The van der Waals surface area contributed by atoms with Crippen molar-refractivity contribution in [2.24, 2.45) is 5.10 Å². The summed E-state index contributed by atoms with van der Waals surface area (Å²) in [5.74, 6) is 2.57. The zero-order chi connectivity index (χ0) is 24.7. The van der Waals surface area contributed by atoms with Gasteiger partial charge in [0.15, 0.2) is 0 Å². The maximum atomic E-state index is 13.4. The molecule has 0 aliphatic carbocycles. The molecule has 1 N–H and O–H groups in total. The third-order valence-electron chi connectivity index (χ3n) is 5.13. The molecule has 10 heteroatoms. The molecule has 1 saturated heterocycles. The van der Waals surface area contributed by atoms with Crippen LogP contribution in [0.15, 0.2) is 88.9 Å². The summed E-state index contributed by atoms with van der Waals surface area (Å²) in [4.78, 5) is 12.8. The van der Waals surface area contributed by atoms with Crippen molar-refractivity contribution in [1.29, 1.82) is 0 Å². The smallest absolute Gasteiger partial charge is 0.264 e. The molecule has 0 aromatic heterocycles. The number of amides is 1. The molecule has 1 aliphatic rings. The molecule has 4 rings (SSSR count). The van der Waals surface area contributed by atoms with Gasteiger partial charge in [-0.3, -0.25) is 9.10 Å². The highest BCUT2D eigenvalue weighted by Gasteiger charge is 2.27. The van der Waals surface area contributed by atoms with Crippen molar-refractivity contribution < 1.29 is 22.7 Å². The minimum absolute atomic E-state index is 0.0702. The van der Waals surface area contributed by atoms with E-state index in [0.717, 1.165) is 27.1 Å². The molecule has 0 atom stereocenters. The Bertz CT molecular complexity index is 1300. The average Bonchev–Trinajstić information content (AvgIpc) is 2.85. The fourth-order valence-electron chi connectivity index (χ4n) is 3.29. The van der Waals surface area contributed by atoms with Crippen LogP contribution in [0.5, 0.6) is 11.5 Å². The van der Waals surface area contributed by atoms with Crippen LogP contribution in [-0.4, -0.2) is 51.8 Å². The molecule has 0 saturated carbocycles. The third kappa shape index (κ3) is 6.34. The van der Waals surface area contributed by atoms with Crippen molar-refractivity contribution in [3.05, 3.63) is 84.4 Å². The standard InChI is InChI=1S/C25H25N3O5S2/c1-32-21-9-6-8-20(14-21)28(35(30,31)24-11-3-2-4-12-24)16-25(29)27-26-15-19-7-5-10-22(13-19)33-23-17-34-18-23/h2-15,23H,16-18H2,1H3,(H,27,29)/b26-15-. The van der Waals surface area contributed by atoms with Crippen LogP contribution >= 0.6 is 11.8 Å². The number of rotatable bonds is 10. The Labute approximate surface area is 209 Å². The van der Waals surface area contributed by atoms with E-state index in [2.05, 4.69) is 10.5 Å². The van der Waals surface area contributed by atoms with E-state index in [1.807, 2.05) is 36.0 Å². The lowest BCUT2D eigenvalue weighted by atomic mass is 10.2. The number of nitrogens with zero attached hydrogens (tertiary/aromatic N) is 2. The van der Waals surface area contributed by atoms with Gasteiger partial charge in [0.2, 0.25) is 0 Å². The zero-order valence-electron chi connectivity index (χ0n) is 19.0. The first kappa shape index (κ1) is 24.6. The summed E-state index contributed by atoms with van der Waals surface area (Å²) in [6, 6.07) is 21.9. The minimum Gasteiger partial charge on any atom is -0.497 e.